The lowest BCUT2D eigenvalue weighted by atomic mass is 10.1. The minimum Gasteiger partial charge on any atom is -0.393 e. The molecule has 0 amide bonds. The van der Waals surface area contributed by atoms with Crippen molar-refractivity contribution >= 4 is 23.5 Å². The van der Waals surface area contributed by atoms with Crippen LogP contribution in [-0.2, 0) is 0 Å². The third-order valence-corrected chi connectivity index (χ3v) is 6.95. The van der Waals surface area contributed by atoms with Gasteiger partial charge in [0.25, 0.3) is 0 Å². The predicted molar refractivity (Wildman–Crippen MR) is 117 cm³/mol. The zero-order valence-corrected chi connectivity index (χ0v) is 17.5. The highest BCUT2D eigenvalue weighted by Gasteiger charge is 2.17. The zero-order valence-electron chi connectivity index (χ0n) is 15.8. The van der Waals surface area contributed by atoms with Crippen molar-refractivity contribution in [2.75, 3.05) is 0 Å². The van der Waals surface area contributed by atoms with Crippen molar-refractivity contribution < 1.29 is 5.11 Å². The molecular formula is C23H32OS2. The van der Waals surface area contributed by atoms with E-state index in [0.29, 0.717) is 4.58 Å². The summed E-state index contributed by atoms with van der Waals surface area (Å²) in [6, 6.07) is 21.1. The maximum absolute atomic E-state index is 10.6. The van der Waals surface area contributed by atoms with Gasteiger partial charge in [0.05, 0.1) is 10.7 Å². The van der Waals surface area contributed by atoms with Gasteiger partial charge < -0.3 is 5.11 Å². The lowest BCUT2D eigenvalue weighted by Crippen LogP contribution is -2.13. The van der Waals surface area contributed by atoms with Crippen molar-refractivity contribution in [2.45, 2.75) is 78.8 Å². The molecular weight excluding hydrogens is 356 g/mol. The molecule has 2 rings (SSSR count). The Bertz CT molecular complexity index is 532. The Morgan fingerprint density at radius 1 is 0.731 bits per heavy atom. The molecule has 3 heteroatoms. The van der Waals surface area contributed by atoms with E-state index in [9.17, 15) is 5.11 Å². The Balaban J connectivity index is 1.82. The van der Waals surface area contributed by atoms with E-state index in [2.05, 4.69) is 67.6 Å². The summed E-state index contributed by atoms with van der Waals surface area (Å²) in [5.41, 5.74) is 0. The second kappa shape index (κ2) is 13.3. The van der Waals surface area contributed by atoms with Crippen LogP contribution in [0.3, 0.4) is 0 Å². The first-order chi connectivity index (χ1) is 12.8. The Hall–Kier alpha value is -0.900. The Labute approximate surface area is 168 Å². The fraction of sp³-hybridized carbons (Fsp3) is 0.478. The molecule has 2 aromatic rings. The number of hydrogen-bond donors (Lipinski definition) is 1. The molecule has 0 aliphatic carbocycles. The summed E-state index contributed by atoms with van der Waals surface area (Å²) < 4.78 is 0.329. The summed E-state index contributed by atoms with van der Waals surface area (Å²) >= 11 is 3.73. The van der Waals surface area contributed by atoms with Crippen LogP contribution >= 0.6 is 23.5 Å². The molecule has 0 fully saturated rings. The third-order valence-electron chi connectivity index (χ3n) is 4.38. The van der Waals surface area contributed by atoms with Gasteiger partial charge in [0.1, 0.15) is 0 Å². The van der Waals surface area contributed by atoms with E-state index in [4.69, 9.17) is 0 Å². The first-order valence-electron chi connectivity index (χ1n) is 9.89. The zero-order chi connectivity index (χ0) is 18.5. The molecule has 0 aromatic heterocycles. The first-order valence-corrected chi connectivity index (χ1v) is 11.7. The second-order valence-corrected chi connectivity index (χ2v) is 9.59. The van der Waals surface area contributed by atoms with E-state index in [1.807, 2.05) is 23.5 Å². The number of rotatable bonds is 13. The Morgan fingerprint density at radius 3 is 1.77 bits per heavy atom. The van der Waals surface area contributed by atoms with Crippen molar-refractivity contribution in [1.82, 2.24) is 0 Å². The molecule has 0 saturated carbocycles. The molecule has 0 aliphatic heterocycles. The number of hydrogen-bond acceptors (Lipinski definition) is 3. The summed E-state index contributed by atoms with van der Waals surface area (Å²) in [6.45, 7) is 2.25. The number of unbranched alkanes of at least 4 members (excludes halogenated alkanes) is 5. The van der Waals surface area contributed by atoms with Crippen LogP contribution in [-0.4, -0.2) is 15.8 Å². The molecule has 0 radical (unpaired) electrons. The normalized spacial score (nSPS) is 12.4. The van der Waals surface area contributed by atoms with Crippen LogP contribution in [0.4, 0.5) is 0 Å². The molecule has 0 bridgehead atoms. The monoisotopic (exact) mass is 388 g/mol. The van der Waals surface area contributed by atoms with Gasteiger partial charge in [0.2, 0.25) is 0 Å². The molecule has 2 aromatic carbocycles. The van der Waals surface area contributed by atoms with Crippen molar-refractivity contribution in [2.24, 2.45) is 0 Å². The summed E-state index contributed by atoms with van der Waals surface area (Å²) in [7, 11) is 0. The van der Waals surface area contributed by atoms with Gasteiger partial charge in [0, 0.05) is 9.79 Å². The molecule has 0 aliphatic rings. The van der Waals surface area contributed by atoms with Crippen molar-refractivity contribution in [3.05, 3.63) is 60.7 Å². The number of aliphatic hydroxyl groups excluding tert-OH is 1. The van der Waals surface area contributed by atoms with Gasteiger partial charge in [-0.15, -0.1) is 23.5 Å². The largest absolute Gasteiger partial charge is 0.393 e. The van der Waals surface area contributed by atoms with Gasteiger partial charge in [-0.1, -0.05) is 81.8 Å². The second-order valence-electron chi connectivity index (χ2n) is 6.74. The SMILES string of the molecule is CCCCCCCCC(O)CC(Sc1ccccc1)Sc1ccccc1. The highest BCUT2D eigenvalue weighted by molar-refractivity contribution is 8.17. The van der Waals surface area contributed by atoms with E-state index in [-0.39, 0.29) is 6.10 Å². The maximum Gasteiger partial charge on any atom is 0.0621 e. The summed E-state index contributed by atoms with van der Waals surface area (Å²) in [4.78, 5) is 2.54. The lowest BCUT2D eigenvalue weighted by Gasteiger charge is -2.20. The summed E-state index contributed by atoms with van der Waals surface area (Å²) in [6.07, 6.45) is 9.21. The maximum atomic E-state index is 10.6. The molecule has 0 heterocycles. The fourth-order valence-corrected chi connectivity index (χ4v) is 5.65. The molecule has 1 nitrogen and oxygen atoms in total. The smallest absolute Gasteiger partial charge is 0.0621 e. The van der Waals surface area contributed by atoms with Crippen LogP contribution in [0.2, 0.25) is 0 Å². The number of aliphatic hydroxyl groups is 1. The van der Waals surface area contributed by atoms with Crippen molar-refractivity contribution in [3.8, 4) is 0 Å². The first kappa shape index (κ1) is 21.4. The van der Waals surface area contributed by atoms with E-state index in [1.54, 1.807) is 0 Å². The molecule has 0 saturated heterocycles. The van der Waals surface area contributed by atoms with E-state index in [1.165, 1.54) is 41.9 Å². The topological polar surface area (TPSA) is 20.2 Å². The Kier molecular flexibility index (Phi) is 10.9. The lowest BCUT2D eigenvalue weighted by molar-refractivity contribution is 0.155. The minimum atomic E-state index is -0.210. The standard InChI is InChI=1S/C23H32OS2/c1-2-3-4-5-6-9-14-20(24)19-23(25-21-15-10-7-11-16-21)26-22-17-12-8-13-18-22/h7-8,10-13,15-18,20,23-24H,2-6,9,14,19H2,1H3. The molecule has 142 valence electrons. The molecule has 1 atom stereocenters. The van der Waals surface area contributed by atoms with Gasteiger partial charge >= 0.3 is 0 Å². The van der Waals surface area contributed by atoms with Crippen LogP contribution in [0, 0.1) is 0 Å². The highest BCUT2D eigenvalue weighted by atomic mass is 32.2. The minimum absolute atomic E-state index is 0.210. The van der Waals surface area contributed by atoms with E-state index >= 15 is 0 Å². The van der Waals surface area contributed by atoms with Gasteiger partial charge in [0.15, 0.2) is 0 Å². The average Bonchev–Trinajstić information content (AvgIpc) is 2.66. The van der Waals surface area contributed by atoms with E-state index < -0.39 is 0 Å². The van der Waals surface area contributed by atoms with Crippen LogP contribution in [0.5, 0.6) is 0 Å². The van der Waals surface area contributed by atoms with Crippen LogP contribution in [0.15, 0.2) is 70.5 Å². The fourth-order valence-electron chi connectivity index (χ4n) is 2.92. The number of thioether (sulfide) groups is 2. The van der Waals surface area contributed by atoms with Gasteiger partial charge in [-0.25, -0.2) is 0 Å². The van der Waals surface area contributed by atoms with Crippen LogP contribution in [0.25, 0.3) is 0 Å². The molecule has 0 spiro atoms. The van der Waals surface area contributed by atoms with Gasteiger partial charge in [-0.05, 0) is 37.1 Å². The quantitative estimate of drug-likeness (QED) is 0.219. The summed E-state index contributed by atoms with van der Waals surface area (Å²) in [5, 5.41) is 10.6. The Morgan fingerprint density at radius 2 is 1.23 bits per heavy atom. The van der Waals surface area contributed by atoms with Gasteiger partial charge in [-0.2, -0.15) is 0 Å². The molecule has 1 N–H and O–H groups in total. The molecule has 1 unspecified atom stereocenters. The van der Waals surface area contributed by atoms with E-state index in [0.717, 1.165) is 19.3 Å². The third kappa shape index (κ3) is 9.16. The average molecular weight is 389 g/mol. The van der Waals surface area contributed by atoms with Crippen LogP contribution < -0.4 is 0 Å². The number of benzene rings is 2. The summed E-state index contributed by atoms with van der Waals surface area (Å²) in [5.74, 6) is 0. The van der Waals surface area contributed by atoms with Crippen molar-refractivity contribution in [3.63, 3.8) is 0 Å². The van der Waals surface area contributed by atoms with Crippen LogP contribution in [0.1, 0.15) is 58.3 Å². The van der Waals surface area contributed by atoms with Gasteiger partial charge in [-0.3, -0.25) is 0 Å². The predicted octanol–water partition coefficient (Wildman–Crippen LogP) is 7.40. The molecule has 26 heavy (non-hydrogen) atoms. The van der Waals surface area contributed by atoms with Crippen molar-refractivity contribution in [1.29, 1.82) is 0 Å². The highest BCUT2D eigenvalue weighted by Crippen LogP contribution is 2.38.